The predicted octanol–water partition coefficient (Wildman–Crippen LogP) is 6.67. The summed E-state index contributed by atoms with van der Waals surface area (Å²) in [5.41, 5.74) is 5.21. The number of alkyl carbamates (subject to hydrolysis) is 1. The van der Waals surface area contributed by atoms with Crippen molar-refractivity contribution >= 4 is 34.9 Å². The highest BCUT2D eigenvalue weighted by Gasteiger charge is 2.53. The number of H-pyrrole nitrogens is 2. The SMILES string of the molecule is COC(=O)C[C@H](C(=O)N1[C@H]2CC[C@H](C2)[C@H]1c1nc2ccc(C#Cc3ccc(-c4cnc([C@@H]5[C@@H]6CC[C@@H](C6)N5C(=O)[C@@H](NC(=O)OC)C(C)C)[nH]4)cc3)cc2[nH]1)C(C)C. The van der Waals surface area contributed by atoms with Crippen molar-refractivity contribution in [3.05, 3.63) is 71.4 Å². The third kappa shape index (κ3) is 7.33. The number of aromatic amines is 2. The molecule has 13 heteroatoms. The summed E-state index contributed by atoms with van der Waals surface area (Å²) in [5.74, 6) is 7.78. The number of hydrogen-bond acceptors (Lipinski definition) is 8. The molecule has 4 aliphatic rings. The van der Waals surface area contributed by atoms with E-state index in [-0.39, 0.29) is 60.2 Å². The smallest absolute Gasteiger partial charge is 0.407 e. The van der Waals surface area contributed by atoms with Gasteiger partial charge in [0.15, 0.2) is 0 Å². The quantitative estimate of drug-likeness (QED) is 0.119. The summed E-state index contributed by atoms with van der Waals surface area (Å²) in [5, 5.41) is 2.75. The summed E-state index contributed by atoms with van der Waals surface area (Å²) in [6.07, 6.45) is 7.17. The lowest BCUT2D eigenvalue weighted by molar-refractivity contribution is -0.150. The Bertz CT molecular complexity index is 2270. The van der Waals surface area contributed by atoms with Crippen LogP contribution in [-0.4, -0.2) is 86.0 Å². The zero-order valence-corrected chi connectivity index (χ0v) is 34.1. The number of esters is 1. The molecule has 2 saturated heterocycles. The van der Waals surface area contributed by atoms with E-state index >= 15 is 0 Å². The molecule has 13 nitrogen and oxygen atoms in total. The average Bonchev–Trinajstić information content (AvgIpc) is 4.09. The third-order valence-electron chi connectivity index (χ3n) is 13.0. The Kier molecular flexibility index (Phi) is 10.8. The molecule has 4 fully saturated rings. The molecule has 2 aliphatic carbocycles. The van der Waals surface area contributed by atoms with Gasteiger partial charge in [0, 0.05) is 23.2 Å². The van der Waals surface area contributed by atoms with Gasteiger partial charge in [0.1, 0.15) is 17.7 Å². The van der Waals surface area contributed by atoms with Crippen molar-refractivity contribution in [2.75, 3.05) is 14.2 Å². The van der Waals surface area contributed by atoms with Gasteiger partial charge >= 0.3 is 12.1 Å². The first-order valence-corrected chi connectivity index (χ1v) is 20.7. The number of benzene rings is 2. The molecule has 304 valence electrons. The number of carbonyl (C=O) groups excluding carboxylic acids is 4. The zero-order valence-electron chi connectivity index (χ0n) is 34.1. The Balaban J connectivity index is 0.965. The van der Waals surface area contributed by atoms with Gasteiger partial charge in [-0.15, -0.1) is 0 Å². The van der Waals surface area contributed by atoms with Crippen molar-refractivity contribution < 1.29 is 28.7 Å². The Morgan fingerprint density at radius 2 is 1.43 bits per heavy atom. The van der Waals surface area contributed by atoms with Crippen LogP contribution in [0.5, 0.6) is 0 Å². The normalized spacial score (nSPS) is 24.3. The number of fused-ring (bicyclic) bond motifs is 5. The zero-order chi connectivity index (χ0) is 40.8. The fourth-order valence-corrected chi connectivity index (χ4v) is 10.00. The number of methoxy groups -OCH3 is 2. The molecule has 4 heterocycles. The van der Waals surface area contributed by atoms with E-state index in [9.17, 15) is 19.2 Å². The Morgan fingerprint density at radius 3 is 2.07 bits per heavy atom. The second-order valence-corrected chi connectivity index (χ2v) is 17.2. The topological polar surface area (TPSA) is 163 Å². The van der Waals surface area contributed by atoms with Gasteiger partial charge in [0.05, 0.1) is 61.6 Å². The largest absolute Gasteiger partial charge is 0.469 e. The summed E-state index contributed by atoms with van der Waals surface area (Å²) in [6, 6.07) is 13.2. The summed E-state index contributed by atoms with van der Waals surface area (Å²) in [4.78, 5) is 73.0. The van der Waals surface area contributed by atoms with E-state index in [1.165, 1.54) is 14.2 Å². The first-order chi connectivity index (χ1) is 27.9. The number of imidazole rings is 2. The fourth-order valence-electron chi connectivity index (χ4n) is 10.00. The van der Waals surface area contributed by atoms with Crippen molar-refractivity contribution in [1.82, 2.24) is 35.1 Å². The molecule has 0 unspecified atom stereocenters. The van der Waals surface area contributed by atoms with Crippen LogP contribution in [0.25, 0.3) is 22.3 Å². The highest BCUT2D eigenvalue weighted by atomic mass is 16.5. The van der Waals surface area contributed by atoms with Crippen LogP contribution < -0.4 is 5.32 Å². The minimum atomic E-state index is -0.685. The molecule has 2 aromatic heterocycles. The summed E-state index contributed by atoms with van der Waals surface area (Å²) in [7, 11) is 2.67. The number of rotatable bonds is 10. The number of carbonyl (C=O) groups is 4. The number of nitrogens with one attached hydrogen (secondary N) is 3. The van der Waals surface area contributed by atoms with Gasteiger partial charge in [-0.3, -0.25) is 14.4 Å². The molecular weight excluding hydrogens is 735 g/mol. The number of aromatic nitrogens is 4. The molecular formula is C45H53N7O6. The molecule has 3 amide bonds. The molecule has 4 aromatic rings. The van der Waals surface area contributed by atoms with E-state index in [1.54, 1.807) is 0 Å². The van der Waals surface area contributed by atoms with Crippen LogP contribution in [0.4, 0.5) is 4.79 Å². The molecule has 0 radical (unpaired) electrons. The van der Waals surface area contributed by atoms with Crippen LogP contribution in [0.1, 0.15) is 108 Å². The third-order valence-corrected chi connectivity index (χ3v) is 13.0. The molecule has 58 heavy (non-hydrogen) atoms. The minimum Gasteiger partial charge on any atom is -0.469 e. The van der Waals surface area contributed by atoms with Crippen LogP contribution >= 0.6 is 0 Å². The maximum atomic E-state index is 14.0. The summed E-state index contributed by atoms with van der Waals surface area (Å²) >= 11 is 0. The number of ether oxygens (including phenoxy) is 2. The summed E-state index contributed by atoms with van der Waals surface area (Å²) < 4.78 is 9.74. The van der Waals surface area contributed by atoms with Crippen LogP contribution in [0.2, 0.25) is 0 Å². The van der Waals surface area contributed by atoms with E-state index in [2.05, 4.69) is 27.1 Å². The second-order valence-electron chi connectivity index (χ2n) is 17.2. The molecule has 0 spiro atoms. The molecule has 3 N–H and O–H groups in total. The van der Waals surface area contributed by atoms with E-state index in [1.807, 2.05) is 86.2 Å². The van der Waals surface area contributed by atoms with E-state index < -0.39 is 18.1 Å². The first-order valence-electron chi connectivity index (χ1n) is 20.7. The molecule has 2 aromatic carbocycles. The van der Waals surface area contributed by atoms with Crippen molar-refractivity contribution in [1.29, 1.82) is 0 Å². The van der Waals surface area contributed by atoms with Gasteiger partial charge in [-0.2, -0.15) is 0 Å². The highest BCUT2D eigenvalue weighted by Crippen LogP contribution is 2.52. The average molecular weight is 788 g/mol. The van der Waals surface area contributed by atoms with Gasteiger partial charge < -0.3 is 34.6 Å². The molecule has 2 saturated carbocycles. The number of amides is 3. The number of piperidine rings is 2. The van der Waals surface area contributed by atoms with Crippen LogP contribution in [0, 0.1) is 41.4 Å². The lowest BCUT2D eigenvalue weighted by Gasteiger charge is -2.37. The summed E-state index contributed by atoms with van der Waals surface area (Å²) in [6.45, 7) is 7.82. The number of hydrogen-bond donors (Lipinski definition) is 3. The highest BCUT2D eigenvalue weighted by molar-refractivity contribution is 5.87. The van der Waals surface area contributed by atoms with Crippen molar-refractivity contribution in [2.45, 2.75) is 103 Å². The molecule has 8 rings (SSSR count). The number of likely N-dealkylation sites (tertiary alicyclic amines) is 2. The van der Waals surface area contributed by atoms with Crippen molar-refractivity contribution in [3.8, 4) is 23.1 Å². The van der Waals surface area contributed by atoms with Crippen LogP contribution in [-0.2, 0) is 23.9 Å². The molecule has 2 aliphatic heterocycles. The lowest BCUT2D eigenvalue weighted by atomic mass is 9.89. The monoisotopic (exact) mass is 787 g/mol. The van der Waals surface area contributed by atoms with E-state index in [0.29, 0.717) is 11.8 Å². The van der Waals surface area contributed by atoms with E-state index in [4.69, 9.17) is 19.4 Å². The maximum absolute atomic E-state index is 14.0. The van der Waals surface area contributed by atoms with Crippen molar-refractivity contribution in [3.63, 3.8) is 0 Å². The fraction of sp³-hybridized carbons (Fsp3) is 0.511. The van der Waals surface area contributed by atoms with Gasteiger partial charge in [-0.05, 0) is 98.1 Å². The minimum absolute atomic E-state index is 0.00210. The van der Waals surface area contributed by atoms with Crippen LogP contribution in [0.15, 0.2) is 48.7 Å². The Hall–Kier alpha value is -5.64. The first kappa shape index (κ1) is 39.2. The van der Waals surface area contributed by atoms with Crippen molar-refractivity contribution in [2.24, 2.45) is 29.6 Å². The Morgan fingerprint density at radius 1 is 0.793 bits per heavy atom. The van der Waals surface area contributed by atoms with E-state index in [0.717, 1.165) is 83.6 Å². The van der Waals surface area contributed by atoms with Gasteiger partial charge in [-0.1, -0.05) is 51.7 Å². The number of nitrogens with zero attached hydrogens (tertiary/aromatic N) is 4. The predicted molar refractivity (Wildman–Crippen MR) is 217 cm³/mol. The maximum Gasteiger partial charge on any atom is 0.407 e. The van der Waals surface area contributed by atoms with Gasteiger partial charge in [-0.25, -0.2) is 14.8 Å². The van der Waals surface area contributed by atoms with Gasteiger partial charge in [0.2, 0.25) is 11.8 Å². The standard InChI is InChI=1S/C45H53N7O6/c1-24(2)33(22-37(53)57-5)43(54)51-31-16-15-30(21-31)40(51)42-47-34-18-11-27(19-35(34)48-42)8-7-26-9-12-28(13-10-26)36-23-46-41(49-36)39-29-14-17-32(20-29)52(39)44(55)38(25(3)4)50-45(56)58-6/h9-13,18-19,23-25,29-33,38-40H,14-17,20-22H2,1-6H3,(H,46,49)(H,47,48)(H,50,56)/t29-,30-,31+,32+,33+,38+,39+,40+/m1/s1. The molecule has 4 bridgehead atoms. The second kappa shape index (κ2) is 16.0. The molecule has 8 atom stereocenters. The lowest BCUT2D eigenvalue weighted by Crippen LogP contribution is -2.54. The van der Waals surface area contributed by atoms with Crippen LogP contribution in [0.3, 0.4) is 0 Å². The Labute approximate surface area is 339 Å². The van der Waals surface area contributed by atoms with Gasteiger partial charge in [0.25, 0.3) is 0 Å².